The summed E-state index contributed by atoms with van der Waals surface area (Å²) in [4.78, 5) is 68.6. The number of rotatable bonds is 15. The number of imide groups is 1. The summed E-state index contributed by atoms with van der Waals surface area (Å²) in [6.07, 6.45) is -3.09. The molecule has 2 aromatic rings. The molecule has 2 rings (SSSR count). The number of ether oxygens (including phenoxy) is 2. The Kier molecular flexibility index (Phi) is 15.0. The van der Waals surface area contributed by atoms with Gasteiger partial charge in [0.1, 0.15) is 30.3 Å². The van der Waals surface area contributed by atoms with Crippen molar-refractivity contribution in [3.63, 3.8) is 0 Å². The number of benzene rings is 2. The third-order valence-corrected chi connectivity index (χ3v) is 7.22. The van der Waals surface area contributed by atoms with Gasteiger partial charge in [-0.1, -0.05) is 80.9 Å². The highest BCUT2D eigenvalue weighted by Gasteiger charge is 2.41. The first kappa shape index (κ1) is 38.4. The second-order valence-corrected chi connectivity index (χ2v) is 12.4. The van der Waals surface area contributed by atoms with E-state index in [1.54, 1.807) is 95.3 Å². The first-order chi connectivity index (χ1) is 22.2. The Morgan fingerprint density at radius 2 is 1.51 bits per heavy atom. The molecular formula is C35H46N4O8. The lowest BCUT2D eigenvalue weighted by Gasteiger charge is -2.35. The van der Waals surface area contributed by atoms with Gasteiger partial charge in [0.2, 0.25) is 11.8 Å². The number of nitriles is 1. The predicted octanol–water partition coefficient (Wildman–Crippen LogP) is 3.81. The van der Waals surface area contributed by atoms with Gasteiger partial charge in [0.05, 0.1) is 25.0 Å². The molecule has 0 radical (unpaired) electrons. The molecule has 4 amide bonds. The standard InChI is InChI=1S/C35H46N4O8/c1-7-23(2)30(38-34(45)47-35(4,5)6)32(43)39(29(41)21-27(40)18-19-36)28(20-25-14-10-8-11-15-25)31(42)37-24(3)33(44)46-22-26-16-12-9-13-17-26/h8-17,23-24,27-28,30,40H,7,18,20-22H2,1-6H3,(H,37,42)(H,38,45)/t23-,24+,27+,28+,30+/m0/s1. The van der Waals surface area contributed by atoms with Gasteiger partial charge in [-0.25, -0.2) is 9.59 Å². The van der Waals surface area contributed by atoms with Crippen molar-refractivity contribution in [1.82, 2.24) is 15.5 Å². The molecular weight excluding hydrogens is 604 g/mol. The lowest BCUT2D eigenvalue weighted by Crippen LogP contribution is -2.61. The molecule has 0 spiro atoms. The van der Waals surface area contributed by atoms with Crippen molar-refractivity contribution < 1.29 is 38.6 Å². The fraction of sp³-hybridized carbons (Fsp3) is 0.486. The maximum absolute atomic E-state index is 14.4. The summed E-state index contributed by atoms with van der Waals surface area (Å²) in [7, 11) is 0. The molecule has 0 aliphatic heterocycles. The molecule has 3 N–H and O–H groups in total. The molecule has 0 heterocycles. The zero-order valence-corrected chi connectivity index (χ0v) is 27.9. The summed E-state index contributed by atoms with van der Waals surface area (Å²) >= 11 is 0. The zero-order chi connectivity index (χ0) is 35.1. The summed E-state index contributed by atoms with van der Waals surface area (Å²) in [5.74, 6) is -3.93. The Balaban J connectivity index is 2.51. The minimum atomic E-state index is -1.51. The van der Waals surface area contributed by atoms with Gasteiger partial charge in [0, 0.05) is 6.42 Å². The van der Waals surface area contributed by atoms with E-state index in [0.717, 1.165) is 10.5 Å². The number of alkyl carbamates (subject to hydrolysis) is 1. The van der Waals surface area contributed by atoms with Crippen LogP contribution >= 0.6 is 0 Å². The van der Waals surface area contributed by atoms with Crippen LogP contribution in [0.5, 0.6) is 0 Å². The summed E-state index contributed by atoms with van der Waals surface area (Å²) in [6, 6.07) is 15.4. The molecule has 12 heteroatoms. The average molecular weight is 651 g/mol. The molecule has 0 bridgehead atoms. The second-order valence-electron chi connectivity index (χ2n) is 12.4. The summed E-state index contributed by atoms with van der Waals surface area (Å²) in [6.45, 7) is 9.86. The lowest BCUT2D eigenvalue weighted by molar-refractivity contribution is -0.155. The van der Waals surface area contributed by atoms with Gasteiger partial charge in [0.15, 0.2) is 0 Å². The molecule has 5 atom stereocenters. The SMILES string of the molecule is CC[C@H](C)[C@@H](NC(=O)OC(C)(C)C)C(=O)N(C(=O)C[C@H](O)CC#N)[C@H](Cc1ccccc1)C(=O)N[C@H](C)C(=O)OCc1ccccc1. The highest BCUT2D eigenvalue weighted by atomic mass is 16.6. The fourth-order valence-corrected chi connectivity index (χ4v) is 4.56. The molecule has 0 fully saturated rings. The van der Waals surface area contributed by atoms with Crippen LogP contribution in [0.25, 0.3) is 0 Å². The van der Waals surface area contributed by atoms with E-state index in [1.807, 2.05) is 6.07 Å². The largest absolute Gasteiger partial charge is 0.459 e. The molecule has 0 saturated carbocycles. The van der Waals surface area contributed by atoms with Crippen LogP contribution < -0.4 is 10.6 Å². The van der Waals surface area contributed by atoms with Gasteiger partial charge >= 0.3 is 12.1 Å². The minimum absolute atomic E-state index is 0.0277. The number of carbonyl (C=O) groups is 5. The van der Waals surface area contributed by atoms with Crippen LogP contribution in [-0.4, -0.2) is 69.6 Å². The number of hydrogen-bond acceptors (Lipinski definition) is 9. The number of nitrogens with one attached hydrogen (secondary N) is 2. The maximum Gasteiger partial charge on any atom is 0.408 e. The van der Waals surface area contributed by atoms with E-state index < -0.39 is 78.4 Å². The van der Waals surface area contributed by atoms with Crippen LogP contribution in [0.3, 0.4) is 0 Å². The molecule has 0 unspecified atom stereocenters. The van der Waals surface area contributed by atoms with Crippen molar-refractivity contribution in [2.24, 2.45) is 5.92 Å². The summed E-state index contributed by atoms with van der Waals surface area (Å²) in [5, 5.41) is 24.6. The van der Waals surface area contributed by atoms with Crippen LogP contribution in [0.2, 0.25) is 0 Å². The average Bonchev–Trinajstić information content (AvgIpc) is 3.01. The number of nitrogens with zero attached hydrogens (tertiary/aromatic N) is 2. The van der Waals surface area contributed by atoms with Crippen LogP contribution in [0.4, 0.5) is 4.79 Å². The first-order valence-corrected chi connectivity index (χ1v) is 15.6. The number of amides is 4. The van der Waals surface area contributed by atoms with E-state index in [1.165, 1.54) is 6.92 Å². The van der Waals surface area contributed by atoms with Gasteiger partial charge in [-0.05, 0) is 44.7 Å². The molecule has 0 aliphatic rings. The molecule has 12 nitrogen and oxygen atoms in total. The van der Waals surface area contributed by atoms with Crippen LogP contribution in [0, 0.1) is 17.2 Å². The molecule has 254 valence electrons. The highest BCUT2D eigenvalue weighted by molar-refractivity contribution is 6.04. The predicted molar refractivity (Wildman–Crippen MR) is 173 cm³/mol. The maximum atomic E-state index is 14.4. The molecule has 47 heavy (non-hydrogen) atoms. The second kappa shape index (κ2) is 18.4. The zero-order valence-electron chi connectivity index (χ0n) is 27.9. The Hall–Kier alpha value is -4.76. The highest BCUT2D eigenvalue weighted by Crippen LogP contribution is 2.20. The van der Waals surface area contributed by atoms with Crippen molar-refractivity contribution >= 4 is 29.8 Å². The van der Waals surface area contributed by atoms with Gasteiger partial charge in [0.25, 0.3) is 5.91 Å². The van der Waals surface area contributed by atoms with E-state index in [0.29, 0.717) is 12.0 Å². The van der Waals surface area contributed by atoms with Gasteiger partial charge in [-0.15, -0.1) is 0 Å². The number of aliphatic hydroxyl groups excluding tert-OH is 1. The van der Waals surface area contributed by atoms with E-state index in [4.69, 9.17) is 14.7 Å². The number of esters is 1. The molecule has 0 aliphatic carbocycles. The van der Waals surface area contributed by atoms with Crippen LogP contribution in [-0.2, 0) is 41.7 Å². The monoisotopic (exact) mass is 650 g/mol. The number of carbonyl (C=O) groups excluding carboxylic acids is 5. The topological polar surface area (TPSA) is 175 Å². The third kappa shape index (κ3) is 12.9. The van der Waals surface area contributed by atoms with Crippen molar-refractivity contribution in [1.29, 1.82) is 5.26 Å². The van der Waals surface area contributed by atoms with Crippen molar-refractivity contribution in [2.75, 3.05) is 0 Å². The smallest absolute Gasteiger partial charge is 0.408 e. The van der Waals surface area contributed by atoms with E-state index in [9.17, 15) is 29.1 Å². The number of hydrogen-bond donors (Lipinski definition) is 3. The summed E-state index contributed by atoms with van der Waals surface area (Å²) < 4.78 is 10.7. The van der Waals surface area contributed by atoms with Gasteiger partial charge < -0.3 is 25.2 Å². The van der Waals surface area contributed by atoms with Crippen LogP contribution in [0.15, 0.2) is 60.7 Å². The molecule has 2 aromatic carbocycles. The van der Waals surface area contributed by atoms with Gasteiger partial charge in [-0.3, -0.25) is 19.3 Å². The number of aliphatic hydroxyl groups is 1. The van der Waals surface area contributed by atoms with Crippen LogP contribution in [0.1, 0.15) is 71.9 Å². The van der Waals surface area contributed by atoms with E-state index >= 15 is 0 Å². The van der Waals surface area contributed by atoms with Crippen molar-refractivity contribution in [2.45, 2.75) is 104 Å². The first-order valence-electron chi connectivity index (χ1n) is 15.6. The normalized spacial score (nSPS) is 14.3. The Morgan fingerprint density at radius 1 is 0.936 bits per heavy atom. The van der Waals surface area contributed by atoms with Crippen molar-refractivity contribution in [3.8, 4) is 6.07 Å². The minimum Gasteiger partial charge on any atom is -0.459 e. The quantitative estimate of drug-likeness (QED) is 0.242. The van der Waals surface area contributed by atoms with E-state index in [-0.39, 0.29) is 13.0 Å². The Bertz CT molecular complexity index is 1390. The van der Waals surface area contributed by atoms with Gasteiger partial charge in [-0.2, -0.15) is 5.26 Å². The lowest BCUT2D eigenvalue weighted by atomic mass is 9.95. The fourth-order valence-electron chi connectivity index (χ4n) is 4.56. The third-order valence-electron chi connectivity index (χ3n) is 7.22. The molecule has 0 saturated heterocycles. The van der Waals surface area contributed by atoms with E-state index in [2.05, 4.69) is 10.6 Å². The van der Waals surface area contributed by atoms with Crippen molar-refractivity contribution in [3.05, 3.63) is 71.8 Å². The Labute approximate surface area is 276 Å². The molecule has 0 aromatic heterocycles. The Morgan fingerprint density at radius 3 is 2.04 bits per heavy atom. The summed E-state index contributed by atoms with van der Waals surface area (Å²) in [5.41, 5.74) is 0.453.